The van der Waals surface area contributed by atoms with Crippen LogP contribution in [0.1, 0.15) is 23.0 Å². The second kappa shape index (κ2) is 5.24. The Hall–Kier alpha value is -1.79. The van der Waals surface area contributed by atoms with E-state index < -0.39 is 18.7 Å². The van der Waals surface area contributed by atoms with Gasteiger partial charge in [-0.05, 0) is 18.6 Å². The molecule has 0 aliphatic rings. The fraction of sp³-hybridized carbons (Fsp3) is 0.455. The molecular weight excluding hydrogens is 249 g/mol. The highest BCUT2D eigenvalue weighted by atomic mass is 19.4. The van der Waals surface area contributed by atoms with E-state index in [2.05, 4.69) is 4.98 Å². The monoisotopic (exact) mass is 262 g/mol. The first-order valence-corrected chi connectivity index (χ1v) is 5.25. The van der Waals surface area contributed by atoms with Gasteiger partial charge in [-0.1, -0.05) is 6.92 Å². The van der Waals surface area contributed by atoms with Crippen molar-refractivity contribution >= 4 is 11.8 Å². The Morgan fingerprint density at radius 2 is 2.06 bits per heavy atom. The van der Waals surface area contributed by atoms with Gasteiger partial charge in [-0.25, -0.2) is 9.78 Å². The lowest BCUT2D eigenvalue weighted by Crippen LogP contribution is -2.31. The third-order valence-electron chi connectivity index (χ3n) is 2.28. The van der Waals surface area contributed by atoms with Crippen LogP contribution >= 0.6 is 0 Å². The maximum atomic E-state index is 12.2. The number of pyridine rings is 1. The molecule has 1 N–H and O–H groups in total. The zero-order valence-corrected chi connectivity index (χ0v) is 9.95. The van der Waals surface area contributed by atoms with Gasteiger partial charge in [0.15, 0.2) is 0 Å². The first-order chi connectivity index (χ1) is 8.23. The summed E-state index contributed by atoms with van der Waals surface area (Å²) in [5.74, 6) is -1.18. The Morgan fingerprint density at radius 1 is 1.44 bits per heavy atom. The molecule has 0 fully saturated rings. The number of carboxylic acid groups (broad SMARTS) is 1. The summed E-state index contributed by atoms with van der Waals surface area (Å²) < 4.78 is 36.7. The smallest absolute Gasteiger partial charge is 0.405 e. The Morgan fingerprint density at radius 3 is 2.50 bits per heavy atom. The number of hydrogen-bond acceptors (Lipinski definition) is 3. The van der Waals surface area contributed by atoms with E-state index in [0.717, 1.165) is 11.0 Å². The van der Waals surface area contributed by atoms with Gasteiger partial charge in [0.1, 0.15) is 12.4 Å². The summed E-state index contributed by atoms with van der Waals surface area (Å²) in [6.07, 6.45) is -3.91. The van der Waals surface area contributed by atoms with Crippen molar-refractivity contribution in [2.75, 3.05) is 18.5 Å². The van der Waals surface area contributed by atoms with Gasteiger partial charge in [-0.15, -0.1) is 0 Å². The number of halogens is 3. The van der Waals surface area contributed by atoms with Crippen molar-refractivity contribution in [3.63, 3.8) is 0 Å². The molecule has 0 aliphatic heterocycles. The number of hydrogen-bond donors (Lipinski definition) is 1. The highest BCUT2D eigenvalue weighted by molar-refractivity contribution is 5.88. The van der Waals surface area contributed by atoms with E-state index in [0.29, 0.717) is 12.1 Å². The van der Waals surface area contributed by atoms with Crippen LogP contribution in [0.3, 0.4) is 0 Å². The van der Waals surface area contributed by atoms with Crippen molar-refractivity contribution in [3.05, 3.63) is 23.4 Å². The molecule has 0 amide bonds. The summed E-state index contributed by atoms with van der Waals surface area (Å²) in [5.41, 5.74) is 0.379. The number of aryl methyl sites for hydroxylation is 1. The molecule has 0 aromatic carbocycles. The second-order valence-electron chi connectivity index (χ2n) is 3.84. The van der Waals surface area contributed by atoms with Crippen LogP contribution in [0.5, 0.6) is 0 Å². The predicted molar refractivity (Wildman–Crippen MR) is 59.9 cm³/mol. The minimum atomic E-state index is -4.36. The van der Waals surface area contributed by atoms with E-state index in [1.54, 1.807) is 6.92 Å². The third kappa shape index (κ3) is 3.90. The molecule has 0 saturated heterocycles. The van der Waals surface area contributed by atoms with E-state index in [-0.39, 0.29) is 11.4 Å². The summed E-state index contributed by atoms with van der Waals surface area (Å²) in [4.78, 5) is 15.7. The van der Waals surface area contributed by atoms with Crippen LogP contribution in [0.15, 0.2) is 12.1 Å². The molecule has 1 aromatic rings. The van der Waals surface area contributed by atoms with Gasteiger partial charge in [-0.3, -0.25) is 0 Å². The van der Waals surface area contributed by atoms with Crippen molar-refractivity contribution in [2.45, 2.75) is 19.5 Å². The predicted octanol–water partition coefficient (Wildman–Crippen LogP) is 2.34. The highest BCUT2D eigenvalue weighted by Crippen LogP contribution is 2.21. The fourth-order valence-corrected chi connectivity index (χ4v) is 1.42. The minimum Gasteiger partial charge on any atom is -0.478 e. The first-order valence-electron chi connectivity index (χ1n) is 5.25. The number of anilines is 1. The molecular formula is C11H13F3N2O2. The summed E-state index contributed by atoms with van der Waals surface area (Å²) >= 11 is 0. The highest BCUT2D eigenvalue weighted by Gasteiger charge is 2.30. The lowest BCUT2D eigenvalue weighted by molar-refractivity contribution is -0.119. The zero-order valence-electron chi connectivity index (χ0n) is 9.95. The lowest BCUT2D eigenvalue weighted by atomic mass is 10.2. The number of aromatic nitrogens is 1. The molecule has 7 heteroatoms. The number of carbonyl (C=O) groups is 1. The SMILES string of the molecule is CCc1cc(C(=O)O)cc(N(C)CC(F)(F)F)n1. The van der Waals surface area contributed by atoms with Crippen molar-refractivity contribution < 1.29 is 23.1 Å². The summed E-state index contributed by atoms with van der Waals surface area (Å²) in [5, 5.41) is 8.88. The van der Waals surface area contributed by atoms with Gasteiger partial charge in [0.2, 0.25) is 0 Å². The largest absolute Gasteiger partial charge is 0.478 e. The van der Waals surface area contributed by atoms with Crippen LogP contribution < -0.4 is 4.90 Å². The molecule has 0 atom stereocenters. The number of rotatable bonds is 4. The van der Waals surface area contributed by atoms with Crippen LogP contribution in [0, 0.1) is 0 Å². The molecule has 18 heavy (non-hydrogen) atoms. The quantitative estimate of drug-likeness (QED) is 0.904. The molecule has 1 aromatic heterocycles. The molecule has 0 saturated carbocycles. The Labute approximate surface area is 102 Å². The van der Waals surface area contributed by atoms with Crippen LogP contribution in [-0.4, -0.2) is 35.8 Å². The van der Waals surface area contributed by atoms with Crippen molar-refractivity contribution in [2.24, 2.45) is 0 Å². The number of aromatic carboxylic acids is 1. The van der Waals surface area contributed by atoms with E-state index in [4.69, 9.17) is 5.11 Å². The van der Waals surface area contributed by atoms with Gasteiger partial charge in [-0.2, -0.15) is 13.2 Å². The van der Waals surface area contributed by atoms with E-state index in [1.807, 2.05) is 0 Å². The molecule has 100 valence electrons. The maximum Gasteiger partial charge on any atom is 0.405 e. The van der Waals surface area contributed by atoms with Gasteiger partial charge in [0.25, 0.3) is 0 Å². The van der Waals surface area contributed by atoms with Gasteiger partial charge < -0.3 is 10.0 Å². The van der Waals surface area contributed by atoms with Crippen molar-refractivity contribution in [3.8, 4) is 0 Å². The molecule has 4 nitrogen and oxygen atoms in total. The van der Waals surface area contributed by atoms with Gasteiger partial charge >= 0.3 is 12.1 Å². The number of alkyl halides is 3. The minimum absolute atomic E-state index is 0.00377. The topological polar surface area (TPSA) is 53.4 Å². The van der Waals surface area contributed by atoms with Gasteiger partial charge in [0, 0.05) is 12.7 Å². The first kappa shape index (κ1) is 14.3. The normalized spacial score (nSPS) is 11.4. The third-order valence-corrected chi connectivity index (χ3v) is 2.28. The molecule has 0 aliphatic carbocycles. The van der Waals surface area contributed by atoms with Crippen LogP contribution in [0.4, 0.5) is 19.0 Å². The number of carboxylic acids is 1. The van der Waals surface area contributed by atoms with Gasteiger partial charge in [0.05, 0.1) is 5.56 Å². The molecule has 0 bridgehead atoms. The van der Waals surface area contributed by atoms with Crippen molar-refractivity contribution in [1.82, 2.24) is 4.98 Å². The molecule has 0 unspecified atom stereocenters. The Bertz CT molecular complexity index is 446. The summed E-state index contributed by atoms with van der Waals surface area (Å²) in [7, 11) is 1.22. The second-order valence-corrected chi connectivity index (χ2v) is 3.84. The molecule has 1 rings (SSSR count). The number of nitrogens with zero attached hydrogens (tertiary/aromatic N) is 2. The fourth-order valence-electron chi connectivity index (χ4n) is 1.42. The molecule has 0 radical (unpaired) electrons. The zero-order chi connectivity index (χ0) is 13.9. The summed E-state index contributed by atoms with van der Waals surface area (Å²) in [6.45, 7) is 0.577. The summed E-state index contributed by atoms with van der Waals surface area (Å²) in [6, 6.07) is 2.49. The average molecular weight is 262 g/mol. The standard InChI is InChI=1S/C11H13F3N2O2/c1-3-8-4-7(10(17)18)5-9(15-8)16(2)6-11(12,13)14/h4-5H,3,6H2,1-2H3,(H,17,18). The maximum absolute atomic E-state index is 12.2. The van der Waals surface area contributed by atoms with Crippen molar-refractivity contribution in [1.29, 1.82) is 0 Å². The average Bonchev–Trinajstić information content (AvgIpc) is 2.26. The lowest BCUT2D eigenvalue weighted by Gasteiger charge is -2.20. The van der Waals surface area contributed by atoms with Crippen LogP contribution in [0.25, 0.3) is 0 Å². The van der Waals surface area contributed by atoms with E-state index >= 15 is 0 Å². The van der Waals surface area contributed by atoms with E-state index in [9.17, 15) is 18.0 Å². The van der Waals surface area contributed by atoms with Crippen LogP contribution in [0.2, 0.25) is 0 Å². The Balaban J connectivity index is 3.07. The molecule has 1 heterocycles. The van der Waals surface area contributed by atoms with Crippen LogP contribution in [-0.2, 0) is 6.42 Å². The van der Waals surface area contributed by atoms with E-state index in [1.165, 1.54) is 13.1 Å². The Kier molecular flexibility index (Phi) is 4.15. The molecule has 0 spiro atoms.